The Morgan fingerprint density at radius 3 is 2.91 bits per heavy atom. The third-order valence-corrected chi connectivity index (χ3v) is 3.92. The first-order valence-corrected chi connectivity index (χ1v) is 7.76. The Balaban J connectivity index is 1.84. The third-order valence-electron chi connectivity index (χ3n) is 3.74. The monoisotopic (exact) mass is 315 g/mol. The van der Waals surface area contributed by atoms with E-state index in [4.69, 9.17) is 11.6 Å². The van der Waals surface area contributed by atoms with Crippen molar-refractivity contribution in [2.45, 2.75) is 31.7 Å². The molecule has 22 heavy (non-hydrogen) atoms. The lowest BCUT2D eigenvalue weighted by Gasteiger charge is -2.14. The van der Waals surface area contributed by atoms with Crippen molar-refractivity contribution in [2.75, 3.05) is 5.32 Å². The highest BCUT2D eigenvalue weighted by Gasteiger charge is 2.16. The Labute approximate surface area is 134 Å². The van der Waals surface area contributed by atoms with Gasteiger partial charge in [0.1, 0.15) is 11.0 Å². The first-order chi connectivity index (χ1) is 10.7. The smallest absolute Gasteiger partial charge is 0.149 e. The number of halogens is 1. The van der Waals surface area contributed by atoms with Crippen molar-refractivity contribution in [1.29, 1.82) is 0 Å². The largest absolute Gasteiger partial charge is 0.367 e. The third kappa shape index (κ3) is 3.54. The van der Waals surface area contributed by atoms with Crippen LogP contribution in [-0.4, -0.2) is 22.4 Å². The van der Waals surface area contributed by atoms with Crippen molar-refractivity contribution in [3.63, 3.8) is 0 Å². The summed E-state index contributed by atoms with van der Waals surface area (Å²) in [7, 11) is 0. The minimum Gasteiger partial charge on any atom is -0.367 e. The Morgan fingerprint density at radius 1 is 1.27 bits per heavy atom. The quantitative estimate of drug-likeness (QED) is 0.897. The summed E-state index contributed by atoms with van der Waals surface area (Å²) in [5.74, 6) is 0.874. The van der Waals surface area contributed by atoms with Gasteiger partial charge in [-0.2, -0.15) is 5.10 Å². The van der Waals surface area contributed by atoms with Gasteiger partial charge in [-0.25, -0.2) is 9.98 Å². The molecular formula is C16H18ClN5. The molecule has 1 aromatic rings. The highest BCUT2D eigenvalue weighted by atomic mass is 35.5. The van der Waals surface area contributed by atoms with Crippen molar-refractivity contribution < 1.29 is 0 Å². The molecule has 0 amide bonds. The van der Waals surface area contributed by atoms with Gasteiger partial charge in [-0.1, -0.05) is 37.1 Å². The topological polar surface area (TPSA) is 61.7 Å². The van der Waals surface area contributed by atoms with Gasteiger partial charge in [-0.3, -0.25) is 5.43 Å². The minimum atomic E-state index is 0.281. The Morgan fingerprint density at radius 2 is 2.09 bits per heavy atom. The molecule has 3 rings (SSSR count). The summed E-state index contributed by atoms with van der Waals surface area (Å²) in [6, 6.07) is 6.40. The van der Waals surface area contributed by atoms with E-state index >= 15 is 0 Å². The average Bonchev–Trinajstić information content (AvgIpc) is 2.98. The fourth-order valence-corrected chi connectivity index (χ4v) is 2.81. The summed E-state index contributed by atoms with van der Waals surface area (Å²) in [6.07, 6.45) is 8.15. The van der Waals surface area contributed by atoms with Gasteiger partial charge in [0.25, 0.3) is 0 Å². The number of anilines is 1. The first-order valence-electron chi connectivity index (χ1n) is 7.38. The number of pyridine rings is 1. The fraction of sp³-hybridized carbons (Fsp3) is 0.312. The van der Waals surface area contributed by atoms with E-state index in [-0.39, 0.29) is 5.17 Å². The Bertz CT molecular complexity index is 656. The summed E-state index contributed by atoms with van der Waals surface area (Å²) in [5.41, 5.74) is 4.91. The van der Waals surface area contributed by atoms with Crippen LogP contribution in [0.15, 0.2) is 46.8 Å². The van der Waals surface area contributed by atoms with E-state index in [9.17, 15) is 0 Å². The summed E-state index contributed by atoms with van der Waals surface area (Å²) in [6.45, 7) is 3.95. The molecule has 2 aliphatic rings. The van der Waals surface area contributed by atoms with Crippen molar-refractivity contribution in [3.05, 3.63) is 42.4 Å². The number of hydrogen-bond donors (Lipinski definition) is 2. The zero-order valence-electron chi connectivity index (χ0n) is 12.2. The molecule has 1 aliphatic carbocycles. The predicted molar refractivity (Wildman–Crippen MR) is 92.1 cm³/mol. The molecule has 0 unspecified atom stereocenters. The van der Waals surface area contributed by atoms with Gasteiger partial charge in [0.05, 0.1) is 17.6 Å². The van der Waals surface area contributed by atoms with E-state index in [0.717, 1.165) is 17.1 Å². The van der Waals surface area contributed by atoms with Crippen LogP contribution in [0, 0.1) is 0 Å². The second-order valence-electron chi connectivity index (χ2n) is 5.36. The lowest BCUT2D eigenvalue weighted by Crippen LogP contribution is -2.15. The van der Waals surface area contributed by atoms with Crippen LogP contribution in [0.1, 0.15) is 31.4 Å². The molecule has 1 aliphatic heterocycles. The number of hydrazone groups is 1. The molecule has 0 spiro atoms. The minimum absolute atomic E-state index is 0.281. The van der Waals surface area contributed by atoms with Crippen LogP contribution in [0.25, 0.3) is 5.57 Å². The molecule has 1 fully saturated rings. The van der Waals surface area contributed by atoms with E-state index in [2.05, 4.69) is 32.4 Å². The number of nitrogens with one attached hydrogen (secondary N) is 2. The second kappa shape index (κ2) is 6.75. The van der Waals surface area contributed by atoms with Crippen LogP contribution in [0.4, 0.5) is 5.82 Å². The SMILES string of the molecule is C=C1N=C(Cl)/C=N\NC=C1c1cccc(NC2CCCC2)n1. The number of aromatic nitrogens is 1. The molecule has 2 heterocycles. The zero-order valence-corrected chi connectivity index (χ0v) is 13.0. The van der Waals surface area contributed by atoms with Gasteiger partial charge < -0.3 is 5.32 Å². The maximum absolute atomic E-state index is 5.93. The van der Waals surface area contributed by atoms with Crippen LogP contribution in [0.3, 0.4) is 0 Å². The summed E-state index contributed by atoms with van der Waals surface area (Å²) >= 11 is 5.93. The molecule has 5 nitrogen and oxygen atoms in total. The summed E-state index contributed by atoms with van der Waals surface area (Å²) in [5, 5.41) is 7.70. The Hall–Kier alpha value is -2.14. The van der Waals surface area contributed by atoms with E-state index in [1.165, 1.54) is 31.9 Å². The molecule has 1 aromatic heterocycles. The highest BCUT2D eigenvalue weighted by molar-refractivity contribution is 6.80. The molecular weight excluding hydrogens is 298 g/mol. The summed E-state index contributed by atoms with van der Waals surface area (Å²) in [4.78, 5) is 8.86. The molecule has 2 N–H and O–H groups in total. The van der Waals surface area contributed by atoms with E-state index in [1.54, 1.807) is 6.20 Å². The van der Waals surface area contributed by atoms with Crippen molar-refractivity contribution >= 4 is 34.4 Å². The second-order valence-corrected chi connectivity index (χ2v) is 5.75. The number of hydrogen-bond acceptors (Lipinski definition) is 5. The van der Waals surface area contributed by atoms with Crippen molar-refractivity contribution in [1.82, 2.24) is 10.4 Å². The van der Waals surface area contributed by atoms with Crippen LogP contribution in [0.2, 0.25) is 0 Å². The van der Waals surface area contributed by atoms with Crippen LogP contribution >= 0.6 is 11.6 Å². The highest BCUT2D eigenvalue weighted by Crippen LogP contribution is 2.25. The standard InChI is InChI=1S/C16H18ClN5/c1-11-13(9-18-19-10-15(17)20-11)14-7-4-8-16(22-14)21-12-5-2-3-6-12/h4,7-10,12,18H,1-3,5-6H2,(H,21,22)/b13-9?,19-10-,20-15?. The van der Waals surface area contributed by atoms with Gasteiger partial charge in [0, 0.05) is 17.8 Å². The lowest BCUT2D eigenvalue weighted by molar-refractivity contribution is 0.750. The van der Waals surface area contributed by atoms with Crippen molar-refractivity contribution in [2.24, 2.45) is 10.1 Å². The molecule has 1 saturated carbocycles. The predicted octanol–water partition coefficient (Wildman–Crippen LogP) is 3.52. The van der Waals surface area contributed by atoms with Crippen LogP contribution in [-0.2, 0) is 0 Å². The van der Waals surface area contributed by atoms with Gasteiger partial charge in [0.15, 0.2) is 0 Å². The molecule has 0 saturated heterocycles. The zero-order chi connectivity index (χ0) is 15.4. The van der Waals surface area contributed by atoms with E-state index in [0.29, 0.717) is 11.7 Å². The number of allylic oxidation sites excluding steroid dienone is 1. The van der Waals surface area contributed by atoms with Crippen LogP contribution < -0.4 is 10.7 Å². The first kappa shape index (κ1) is 14.8. The summed E-state index contributed by atoms with van der Waals surface area (Å²) < 4.78 is 0. The molecule has 0 bridgehead atoms. The number of rotatable bonds is 3. The number of nitrogens with zero attached hydrogens (tertiary/aromatic N) is 3. The number of aliphatic imine (C=N–C) groups is 1. The van der Waals surface area contributed by atoms with Crippen LogP contribution in [0.5, 0.6) is 0 Å². The van der Waals surface area contributed by atoms with Gasteiger partial charge in [-0.15, -0.1) is 0 Å². The van der Waals surface area contributed by atoms with E-state index in [1.807, 2.05) is 18.2 Å². The average molecular weight is 316 g/mol. The van der Waals surface area contributed by atoms with Gasteiger partial charge >= 0.3 is 0 Å². The lowest BCUT2D eigenvalue weighted by atomic mass is 10.1. The molecule has 0 atom stereocenters. The molecule has 0 radical (unpaired) electrons. The van der Waals surface area contributed by atoms with E-state index < -0.39 is 0 Å². The molecule has 6 heteroatoms. The fourth-order valence-electron chi connectivity index (χ4n) is 2.66. The molecule has 0 aromatic carbocycles. The normalized spacial score (nSPS) is 20.5. The van der Waals surface area contributed by atoms with Gasteiger partial charge in [0.2, 0.25) is 0 Å². The maximum atomic E-state index is 5.93. The van der Waals surface area contributed by atoms with Crippen molar-refractivity contribution in [3.8, 4) is 0 Å². The maximum Gasteiger partial charge on any atom is 0.149 e. The molecule has 114 valence electrons. The Kier molecular flexibility index (Phi) is 4.53. The van der Waals surface area contributed by atoms with Gasteiger partial charge in [-0.05, 0) is 25.0 Å².